The van der Waals surface area contributed by atoms with E-state index in [1.165, 1.54) is 0 Å². The Kier molecular flexibility index (Phi) is 10.5. The summed E-state index contributed by atoms with van der Waals surface area (Å²) < 4.78 is 0. The van der Waals surface area contributed by atoms with Crippen molar-refractivity contribution >= 4 is 0 Å². The van der Waals surface area contributed by atoms with Crippen LogP contribution in [-0.2, 0) is 0 Å². The molecule has 0 aliphatic carbocycles. The van der Waals surface area contributed by atoms with E-state index in [0.717, 1.165) is 19.3 Å². The lowest BCUT2D eigenvalue weighted by Crippen LogP contribution is -2.49. The molecular formula is C11H25NO6. The molecule has 0 radical (unpaired) electrons. The fourth-order valence-electron chi connectivity index (χ4n) is 1.47. The first-order chi connectivity index (χ1) is 8.54. The van der Waals surface area contributed by atoms with Gasteiger partial charge in [-0.3, -0.25) is 0 Å². The Morgan fingerprint density at radius 1 is 0.778 bits per heavy atom. The van der Waals surface area contributed by atoms with Crippen LogP contribution in [-0.4, -0.2) is 81.4 Å². The van der Waals surface area contributed by atoms with Crippen LogP contribution >= 0.6 is 0 Å². The second-order valence-corrected chi connectivity index (χ2v) is 4.29. The zero-order valence-electron chi connectivity index (χ0n) is 10.4. The van der Waals surface area contributed by atoms with Crippen molar-refractivity contribution in [1.29, 1.82) is 0 Å². The van der Waals surface area contributed by atoms with E-state index in [2.05, 4.69) is 5.32 Å². The maximum absolute atomic E-state index is 9.53. The third-order valence-corrected chi connectivity index (χ3v) is 2.69. The van der Waals surface area contributed by atoms with Gasteiger partial charge in [-0.15, -0.1) is 0 Å². The van der Waals surface area contributed by atoms with Crippen molar-refractivity contribution in [2.75, 3.05) is 26.3 Å². The zero-order valence-corrected chi connectivity index (χ0v) is 10.4. The number of hydrogen-bond donors (Lipinski definition) is 7. The smallest absolute Gasteiger partial charge is 0.111 e. The van der Waals surface area contributed by atoms with E-state index in [4.69, 9.17) is 15.3 Å². The molecule has 0 rings (SSSR count). The van der Waals surface area contributed by atoms with Gasteiger partial charge >= 0.3 is 0 Å². The van der Waals surface area contributed by atoms with E-state index in [9.17, 15) is 15.3 Å². The zero-order chi connectivity index (χ0) is 14.0. The van der Waals surface area contributed by atoms with E-state index < -0.39 is 31.0 Å². The van der Waals surface area contributed by atoms with Crippen molar-refractivity contribution in [2.45, 2.75) is 43.7 Å². The Bertz CT molecular complexity index is 194. The van der Waals surface area contributed by atoms with E-state index >= 15 is 0 Å². The average molecular weight is 267 g/mol. The van der Waals surface area contributed by atoms with Gasteiger partial charge in [0.1, 0.15) is 18.3 Å². The van der Waals surface area contributed by atoms with Crippen molar-refractivity contribution in [2.24, 2.45) is 0 Å². The lowest BCUT2D eigenvalue weighted by Gasteiger charge is -2.25. The summed E-state index contributed by atoms with van der Waals surface area (Å²) in [6, 6.07) is 0. The first kappa shape index (κ1) is 17.7. The van der Waals surface area contributed by atoms with Crippen LogP contribution in [0.5, 0.6) is 0 Å². The van der Waals surface area contributed by atoms with Crippen LogP contribution in [0.2, 0.25) is 0 Å². The van der Waals surface area contributed by atoms with Gasteiger partial charge in [-0.05, 0) is 25.8 Å². The molecule has 7 N–H and O–H groups in total. The maximum Gasteiger partial charge on any atom is 0.111 e. The van der Waals surface area contributed by atoms with Crippen LogP contribution in [0.1, 0.15) is 19.3 Å². The Hall–Kier alpha value is -0.280. The number of rotatable bonds is 11. The summed E-state index contributed by atoms with van der Waals surface area (Å²) >= 11 is 0. The lowest BCUT2D eigenvalue weighted by molar-refractivity contribution is -0.113. The topological polar surface area (TPSA) is 133 Å². The van der Waals surface area contributed by atoms with Gasteiger partial charge in [-0.25, -0.2) is 0 Å². The summed E-state index contributed by atoms with van der Waals surface area (Å²) in [6.45, 7) is 0.185. The summed E-state index contributed by atoms with van der Waals surface area (Å²) in [4.78, 5) is 0. The van der Waals surface area contributed by atoms with Gasteiger partial charge in [0.2, 0.25) is 0 Å². The summed E-state index contributed by atoms with van der Waals surface area (Å²) in [5, 5.41) is 57.5. The molecular weight excluding hydrogens is 242 g/mol. The third kappa shape index (κ3) is 7.22. The number of unbranched alkanes of at least 4 members (excludes halogenated alkanes) is 2. The van der Waals surface area contributed by atoms with Crippen LogP contribution in [0.4, 0.5) is 0 Å². The van der Waals surface area contributed by atoms with Crippen LogP contribution in [0.3, 0.4) is 0 Å². The fraction of sp³-hybridized carbons (Fsp3) is 1.00. The highest BCUT2D eigenvalue weighted by atomic mass is 16.4. The van der Waals surface area contributed by atoms with E-state index in [0.29, 0.717) is 6.54 Å². The lowest BCUT2D eigenvalue weighted by atomic mass is 10.0. The monoisotopic (exact) mass is 267 g/mol. The Morgan fingerprint density at radius 2 is 1.39 bits per heavy atom. The number of aliphatic hydroxyl groups is 6. The highest BCUT2D eigenvalue weighted by molar-refractivity contribution is 4.81. The quantitative estimate of drug-likeness (QED) is 0.201. The molecule has 0 fully saturated rings. The standard InChI is InChI=1S/C11H25NO6/c13-5-3-1-2-4-12-6-8(15)10(17)11(18)9(16)7-14/h8-18H,1-7H2. The predicted molar refractivity (Wildman–Crippen MR) is 64.9 cm³/mol. The number of aliphatic hydroxyl groups excluding tert-OH is 6. The van der Waals surface area contributed by atoms with E-state index in [1.807, 2.05) is 0 Å². The first-order valence-electron chi connectivity index (χ1n) is 6.19. The maximum atomic E-state index is 9.53. The molecule has 0 aliphatic heterocycles. The molecule has 0 aromatic carbocycles. The molecule has 110 valence electrons. The minimum atomic E-state index is -1.58. The molecule has 0 bridgehead atoms. The molecule has 0 aromatic rings. The Balaban J connectivity index is 3.70. The summed E-state index contributed by atoms with van der Waals surface area (Å²) in [7, 11) is 0. The summed E-state index contributed by atoms with van der Waals surface area (Å²) in [5.74, 6) is 0. The molecule has 0 spiro atoms. The van der Waals surface area contributed by atoms with Gasteiger partial charge < -0.3 is 36.0 Å². The molecule has 0 aliphatic rings. The van der Waals surface area contributed by atoms with Gasteiger partial charge in [0, 0.05) is 13.2 Å². The number of nitrogens with one attached hydrogen (secondary N) is 1. The van der Waals surface area contributed by atoms with Crippen LogP contribution in [0.25, 0.3) is 0 Å². The van der Waals surface area contributed by atoms with Gasteiger partial charge in [-0.1, -0.05) is 0 Å². The first-order valence-corrected chi connectivity index (χ1v) is 6.19. The van der Waals surface area contributed by atoms with Gasteiger partial charge in [0.05, 0.1) is 12.7 Å². The summed E-state index contributed by atoms with van der Waals surface area (Å²) in [5.41, 5.74) is 0. The molecule has 4 atom stereocenters. The van der Waals surface area contributed by atoms with Crippen LogP contribution < -0.4 is 5.32 Å². The van der Waals surface area contributed by atoms with Crippen molar-refractivity contribution in [3.63, 3.8) is 0 Å². The van der Waals surface area contributed by atoms with Crippen LogP contribution in [0.15, 0.2) is 0 Å². The van der Waals surface area contributed by atoms with E-state index in [-0.39, 0.29) is 13.2 Å². The van der Waals surface area contributed by atoms with Crippen LogP contribution in [0, 0.1) is 0 Å². The third-order valence-electron chi connectivity index (χ3n) is 2.69. The Labute approximate surface area is 107 Å². The highest BCUT2D eigenvalue weighted by Crippen LogP contribution is 2.04. The second-order valence-electron chi connectivity index (χ2n) is 4.29. The predicted octanol–water partition coefficient (Wildman–Crippen LogP) is -2.83. The normalized spacial score (nSPS) is 18.3. The molecule has 4 unspecified atom stereocenters. The molecule has 7 heteroatoms. The molecule has 0 aromatic heterocycles. The van der Waals surface area contributed by atoms with Crippen molar-refractivity contribution < 1.29 is 30.6 Å². The minimum Gasteiger partial charge on any atom is -0.396 e. The molecule has 18 heavy (non-hydrogen) atoms. The van der Waals surface area contributed by atoms with E-state index in [1.54, 1.807) is 0 Å². The molecule has 0 heterocycles. The summed E-state index contributed by atoms with van der Waals surface area (Å²) in [6.07, 6.45) is -3.36. The van der Waals surface area contributed by atoms with Gasteiger partial charge in [-0.2, -0.15) is 0 Å². The average Bonchev–Trinajstić information content (AvgIpc) is 2.39. The van der Waals surface area contributed by atoms with Crippen molar-refractivity contribution in [3.05, 3.63) is 0 Å². The molecule has 0 saturated carbocycles. The Morgan fingerprint density at radius 3 is 1.94 bits per heavy atom. The van der Waals surface area contributed by atoms with Gasteiger partial charge in [0.15, 0.2) is 0 Å². The molecule has 0 amide bonds. The van der Waals surface area contributed by atoms with Crippen molar-refractivity contribution in [1.82, 2.24) is 5.32 Å². The van der Waals surface area contributed by atoms with Gasteiger partial charge in [0.25, 0.3) is 0 Å². The largest absolute Gasteiger partial charge is 0.396 e. The number of hydrogen-bond acceptors (Lipinski definition) is 7. The highest BCUT2D eigenvalue weighted by Gasteiger charge is 2.29. The molecule has 0 saturated heterocycles. The SMILES string of the molecule is OCCCCCNCC(O)C(O)C(O)C(O)CO. The second kappa shape index (κ2) is 10.6. The minimum absolute atomic E-state index is 0.0789. The molecule has 7 nitrogen and oxygen atoms in total. The van der Waals surface area contributed by atoms with Crippen molar-refractivity contribution in [3.8, 4) is 0 Å². The fourth-order valence-corrected chi connectivity index (χ4v) is 1.47.